The summed E-state index contributed by atoms with van der Waals surface area (Å²) in [5.74, 6) is 0.520. The molecule has 0 bridgehead atoms. The van der Waals surface area contributed by atoms with Gasteiger partial charge >= 0.3 is 0 Å². The summed E-state index contributed by atoms with van der Waals surface area (Å²) in [4.78, 5) is 0. The zero-order valence-corrected chi connectivity index (χ0v) is 8.55. The number of rotatable bonds is 5. The minimum atomic E-state index is -0.174. The Balaban J connectivity index is 2.60. The zero-order valence-electron chi connectivity index (χ0n) is 8.55. The van der Waals surface area contributed by atoms with Crippen molar-refractivity contribution in [2.45, 2.75) is 13.3 Å². The van der Waals surface area contributed by atoms with Crippen LogP contribution in [0.2, 0.25) is 0 Å². The van der Waals surface area contributed by atoms with Gasteiger partial charge in [0.1, 0.15) is 18.2 Å². The molecule has 0 heterocycles. The molecule has 3 heteroatoms. The average molecular weight is 198 g/mol. The van der Waals surface area contributed by atoms with E-state index >= 15 is 0 Å². The summed E-state index contributed by atoms with van der Waals surface area (Å²) in [6, 6.07) is 4.79. The van der Waals surface area contributed by atoms with Gasteiger partial charge in [-0.05, 0) is 30.2 Å². The fourth-order valence-corrected chi connectivity index (χ4v) is 1.15. The van der Waals surface area contributed by atoms with Gasteiger partial charge in [-0.3, -0.25) is 0 Å². The number of methoxy groups -OCH3 is 1. The van der Waals surface area contributed by atoms with Crippen LogP contribution in [0.4, 0.5) is 4.39 Å². The highest BCUT2D eigenvalue weighted by molar-refractivity contribution is 5.29. The number of halogens is 1. The first-order valence-corrected chi connectivity index (χ1v) is 4.68. The van der Waals surface area contributed by atoms with E-state index in [0.717, 1.165) is 0 Å². The standard InChI is InChI=1S/C11H15FO2/c1-3-9-8-10(4-5-11(9)12)14-7-6-13-2/h4-5,8H,3,6-7H2,1-2H3. The van der Waals surface area contributed by atoms with Crippen LogP contribution in [0.1, 0.15) is 12.5 Å². The molecule has 0 aliphatic heterocycles. The maximum Gasteiger partial charge on any atom is 0.126 e. The van der Waals surface area contributed by atoms with Crippen molar-refractivity contribution in [3.05, 3.63) is 29.6 Å². The lowest BCUT2D eigenvalue weighted by atomic mass is 10.1. The van der Waals surface area contributed by atoms with Crippen molar-refractivity contribution in [1.82, 2.24) is 0 Å². The Kier molecular flexibility index (Phi) is 4.40. The second kappa shape index (κ2) is 5.60. The normalized spacial score (nSPS) is 10.2. The molecule has 14 heavy (non-hydrogen) atoms. The summed E-state index contributed by atoms with van der Waals surface area (Å²) in [7, 11) is 1.62. The first-order valence-electron chi connectivity index (χ1n) is 4.68. The Hall–Kier alpha value is -1.09. The van der Waals surface area contributed by atoms with Crippen molar-refractivity contribution < 1.29 is 13.9 Å². The van der Waals surface area contributed by atoms with Crippen molar-refractivity contribution in [2.75, 3.05) is 20.3 Å². The first-order chi connectivity index (χ1) is 6.77. The van der Waals surface area contributed by atoms with Crippen molar-refractivity contribution in [1.29, 1.82) is 0 Å². The Bertz CT molecular complexity index is 287. The quantitative estimate of drug-likeness (QED) is 0.676. The number of aryl methyl sites for hydroxylation is 1. The molecule has 78 valence electrons. The first kappa shape index (κ1) is 11.0. The third-order valence-corrected chi connectivity index (χ3v) is 1.95. The molecule has 1 aromatic rings. The monoisotopic (exact) mass is 198 g/mol. The van der Waals surface area contributed by atoms with E-state index in [1.54, 1.807) is 19.2 Å². The number of hydrogen-bond donors (Lipinski definition) is 0. The third-order valence-electron chi connectivity index (χ3n) is 1.95. The van der Waals surface area contributed by atoms with Crippen LogP contribution in [0, 0.1) is 5.82 Å². The van der Waals surface area contributed by atoms with E-state index in [1.165, 1.54) is 6.07 Å². The second-order valence-electron chi connectivity index (χ2n) is 2.95. The van der Waals surface area contributed by atoms with Crippen LogP contribution in [-0.2, 0) is 11.2 Å². The molecular weight excluding hydrogens is 183 g/mol. The summed E-state index contributed by atoms with van der Waals surface area (Å²) in [5.41, 5.74) is 0.680. The van der Waals surface area contributed by atoms with E-state index in [4.69, 9.17) is 9.47 Å². The summed E-state index contributed by atoms with van der Waals surface area (Å²) in [6.45, 7) is 2.95. The summed E-state index contributed by atoms with van der Waals surface area (Å²) in [6.07, 6.45) is 0.674. The molecule has 0 saturated heterocycles. The van der Waals surface area contributed by atoms with Crippen LogP contribution in [-0.4, -0.2) is 20.3 Å². The van der Waals surface area contributed by atoms with Crippen molar-refractivity contribution in [3.63, 3.8) is 0 Å². The molecule has 0 radical (unpaired) electrons. The molecule has 0 aliphatic rings. The van der Waals surface area contributed by atoms with E-state index in [0.29, 0.717) is 30.9 Å². The highest BCUT2D eigenvalue weighted by atomic mass is 19.1. The molecule has 0 amide bonds. The molecule has 0 atom stereocenters. The van der Waals surface area contributed by atoms with Gasteiger partial charge in [-0.1, -0.05) is 6.92 Å². The third kappa shape index (κ3) is 3.00. The van der Waals surface area contributed by atoms with Crippen molar-refractivity contribution >= 4 is 0 Å². The predicted octanol–water partition coefficient (Wildman–Crippen LogP) is 2.41. The molecule has 0 unspecified atom stereocenters. The Morgan fingerprint density at radius 3 is 2.71 bits per heavy atom. The van der Waals surface area contributed by atoms with E-state index < -0.39 is 0 Å². The van der Waals surface area contributed by atoms with Gasteiger partial charge < -0.3 is 9.47 Å². The van der Waals surface area contributed by atoms with Gasteiger partial charge in [0, 0.05) is 7.11 Å². The van der Waals surface area contributed by atoms with Crippen LogP contribution in [0.15, 0.2) is 18.2 Å². The largest absolute Gasteiger partial charge is 0.491 e. The molecule has 0 spiro atoms. The highest BCUT2D eigenvalue weighted by Gasteiger charge is 2.01. The van der Waals surface area contributed by atoms with Gasteiger partial charge in [0.25, 0.3) is 0 Å². The molecule has 1 rings (SSSR count). The average Bonchev–Trinajstić information content (AvgIpc) is 2.21. The lowest BCUT2D eigenvalue weighted by Crippen LogP contribution is -2.04. The maximum atomic E-state index is 13.1. The number of ether oxygens (including phenoxy) is 2. The SMILES string of the molecule is CCc1cc(OCCOC)ccc1F. The lowest BCUT2D eigenvalue weighted by molar-refractivity contribution is 0.146. The Labute approximate surface area is 83.6 Å². The molecule has 1 aromatic carbocycles. The van der Waals surface area contributed by atoms with Gasteiger partial charge in [0.15, 0.2) is 0 Å². The Morgan fingerprint density at radius 2 is 2.07 bits per heavy atom. The van der Waals surface area contributed by atoms with Crippen LogP contribution < -0.4 is 4.74 Å². The van der Waals surface area contributed by atoms with Crippen LogP contribution in [0.3, 0.4) is 0 Å². The molecule has 2 nitrogen and oxygen atoms in total. The smallest absolute Gasteiger partial charge is 0.126 e. The maximum absolute atomic E-state index is 13.1. The number of hydrogen-bond acceptors (Lipinski definition) is 2. The van der Waals surface area contributed by atoms with E-state index in [-0.39, 0.29) is 5.82 Å². The molecule has 0 aromatic heterocycles. The molecule has 0 saturated carbocycles. The van der Waals surface area contributed by atoms with Gasteiger partial charge in [-0.25, -0.2) is 4.39 Å². The van der Waals surface area contributed by atoms with Gasteiger partial charge in [-0.15, -0.1) is 0 Å². The zero-order chi connectivity index (χ0) is 10.4. The van der Waals surface area contributed by atoms with Crippen LogP contribution in [0.5, 0.6) is 5.75 Å². The Morgan fingerprint density at radius 1 is 1.29 bits per heavy atom. The van der Waals surface area contributed by atoms with E-state index in [9.17, 15) is 4.39 Å². The minimum absolute atomic E-state index is 0.174. The number of benzene rings is 1. The second-order valence-corrected chi connectivity index (χ2v) is 2.95. The van der Waals surface area contributed by atoms with E-state index in [1.807, 2.05) is 6.92 Å². The summed E-state index contributed by atoms with van der Waals surface area (Å²) in [5, 5.41) is 0. The van der Waals surface area contributed by atoms with E-state index in [2.05, 4.69) is 0 Å². The summed E-state index contributed by atoms with van der Waals surface area (Å²) >= 11 is 0. The van der Waals surface area contributed by atoms with Crippen molar-refractivity contribution in [2.24, 2.45) is 0 Å². The lowest BCUT2D eigenvalue weighted by Gasteiger charge is -2.07. The van der Waals surface area contributed by atoms with Gasteiger partial charge in [0.05, 0.1) is 6.61 Å². The predicted molar refractivity (Wildman–Crippen MR) is 53.1 cm³/mol. The highest BCUT2D eigenvalue weighted by Crippen LogP contribution is 2.17. The molecule has 0 fully saturated rings. The summed E-state index contributed by atoms with van der Waals surface area (Å²) < 4.78 is 23.3. The molecule has 0 aliphatic carbocycles. The van der Waals surface area contributed by atoms with Gasteiger partial charge in [0.2, 0.25) is 0 Å². The van der Waals surface area contributed by atoms with Crippen LogP contribution in [0.25, 0.3) is 0 Å². The van der Waals surface area contributed by atoms with Crippen molar-refractivity contribution in [3.8, 4) is 5.75 Å². The topological polar surface area (TPSA) is 18.5 Å². The fourth-order valence-electron chi connectivity index (χ4n) is 1.15. The minimum Gasteiger partial charge on any atom is -0.491 e. The fraction of sp³-hybridized carbons (Fsp3) is 0.455. The van der Waals surface area contributed by atoms with Gasteiger partial charge in [-0.2, -0.15) is 0 Å². The van der Waals surface area contributed by atoms with Crippen LogP contribution >= 0.6 is 0 Å². The molecular formula is C11H15FO2. The molecule has 0 N–H and O–H groups in total.